The Labute approximate surface area is 92.5 Å². The Morgan fingerprint density at radius 1 is 1.21 bits per heavy atom. The van der Waals surface area contributed by atoms with Gasteiger partial charge < -0.3 is 0 Å². The molecule has 0 aliphatic carbocycles. The molecular formula is C12H21ClO. The van der Waals surface area contributed by atoms with Crippen LogP contribution in [0.4, 0.5) is 0 Å². The van der Waals surface area contributed by atoms with Crippen LogP contribution in [-0.2, 0) is 4.79 Å². The summed E-state index contributed by atoms with van der Waals surface area (Å²) in [6.07, 6.45) is 7.19. The lowest BCUT2D eigenvalue weighted by atomic mass is 9.98. The molecule has 2 heteroatoms. The number of aldehydes is 1. The van der Waals surface area contributed by atoms with Crippen LogP contribution >= 0.6 is 11.6 Å². The Morgan fingerprint density at radius 3 is 2.36 bits per heavy atom. The maximum absolute atomic E-state index is 10.8. The first-order valence-corrected chi connectivity index (χ1v) is 6.05. The van der Waals surface area contributed by atoms with Crippen LogP contribution in [0, 0.1) is 0 Å². The third kappa shape index (κ3) is 5.43. The van der Waals surface area contributed by atoms with Crippen LogP contribution in [0.25, 0.3) is 0 Å². The molecule has 0 N–H and O–H groups in total. The minimum absolute atomic E-state index is 0.723. The van der Waals surface area contributed by atoms with E-state index in [4.69, 9.17) is 11.6 Å². The van der Waals surface area contributed by atoms with E-state index in [1.54, 1.807) is 0 Å². The first-order valence-electron chi connectivity index (χ1n) is 5.52. The first kappa shape index (κ1) is 13.7. The van der Waals surface area contributed by atoms with E-state index in [9.17, 15) is 4.79 Å². The molecule has 1 nitrogen and oxygen atoms in total. The molecule has 0 unspecified atom stereocenters. The predicted octanol–water partition coefficient (Wildman–Crippen LogP) is 4.10. The molecule has 0 aliphatic rings. The van der Waals surface area contributed by atoms with Crippen molar-refractivity contribution in [1.29, 1.82) is 0 Å². The SMILES string of the molecule is CCC/C(C=O)=C(\CC)CCCCCl. The van der Waals surface area contributed by atoms with E-state index in [1.165, 1.54) is 5.57 Å². The van der Waals surface area contributed by atoms with Gasteiger partial charge in [0.15, 0.2) is 0 Å². The smallest absolute Gasteiger partial charge is 0.145 e. The van der Waals surface area contributed by atoms with Gasteiger partial charge in [-0.15, -0.1) is 11.6 Å². The number of hydrogen-bond donors (Lipinski definition) is 0. The van der Waals surface area contributed by atoms with Crippen LogP contribution in [0.5, 0.6) is 0 Å². The van der Waals surface area contributed by atoms with Crippen molar-refractivity contribution in [2.45, 2.75) is 52.4 Å². The normalized spacial score (nSPS) is 12.5. The second-order valence-corrected chi connectivity index (χ2v) is 3.87. The van der Waals surface area contributed by atoms with Crippen molar-refractivity contribution >= 4 is 17.9 Å². The van der Waals surface area contributed by atoms with Gasteiger partial charge in [0.2, 0.25) is 0 Å². The maximum Gasteiger partial charge on any atom is 0.145 e. The van der Waals surface area contributed by atoms with Crippen molar-refractivity contribution in [3.05, 3.63) is 11.1 Å². The van der Waals surface area contributed by atoms with E-state index in [-0.39, 0.29) is 0 Å². The van der Waals surface area contributed by atoms with Gasteiger partial charge in [0.1, 0.15) is 6.29 Å². The quantitative estimate of drug-likeness (QED) is 0.258. The largest absolute Gasteiger partial charge is 0.298 e. The number of alkyl halides is 1. The summed E-state index contributed by atoms with van der Waals surface area (Å²) >= 11 is 5.62. The maximum atomic E-state index is 10.8. The fourth-order valence-electron chi connectivity index (χ4n) is 1.59. The summed E-state index contributed by atoms with van der Waals surface area (Å²) in [6, 6.07) is 0. The summed E-state index contributed by atoms with van der Waals surface area (Å²) in [5.74, 6) is 0.723. The van der Waals surface area contributed by atoms with Gasteiger partial charge in [-0.05, 0) is 37.7 Å². The van der Waals surface area contributed by atoms with E-state index in [1.807, 2.05) is 0 Å². The average Bonchev–Trinajstić information content (AvgIpc) is 2.22. The molecule has 0 rings (SSSR count). The van der Waals surface area contributed by atoms with E-state index in [0.717, 1.165) is 56.3 Å². The molecule has 0 aromatic rings. The molecular weight excluding hydrogens is 196 g/mol. The molecule has 0 saturated carbocycles. The molecule has 0 atom stereocenters. The summed E-state index contributed by atoms with van der Waals surface area (Å²) < 4.78 is 0. The number of halogens is 1. The monoisotopic (exact) mass is 216 g/mol. The van der Waals surface area contributed by atoms with Crippen molar-refractivity contribution in [2.24, 2.45) is 0 Å². The highest BCUT2D eigenvalue weighted by Gasteiger charge is 2.03. The molecule has 0 heterocycles. The van der Waals surface area contributed by atoms with Gasteiger partial charge >= 0.3 is 0 Å². The van der Waals surface area contributed by atoms with Crippen LogP contribution in [0.1, 0.15) is 52.4 Å². The van der Waals surface area contributed by atoms with Gasteiger partial charge in [0, 0.05) is 5.88 Å². The van der Waals surface area contributed by atoms with E-state index < -0.39 is 0 Å². The summed E-state index contributed by atoms with van der Waals surface area (Å²) in [4.78, 5) is 10.8. The van der Waals surface area contributed by atoms with E-state index in [2.05, 4.69) is 13.8 Å². The van der Waals surface area contributed by atoms with Crippen molar-refractivity contribution in [3.63, 3.8) is 0 Å². The fraction of sp³-hybridized carbons (Fsp3) is 0.750. The molecule has 0 spiro atoms. The molecule has 0 amide bonds. The zero-order valence-corrected chi connectivity index (χ0v) is 10.1. The zero-order chi connectivity index (χ0) is 10.8. The minimum atomic E-state index is 0.723. The number of hydrogen-bond acceptors (Lipinski definition) is 1. The van der Waals surface area contributed by atoms with Crippen LogP contribution in [0.15, 0.2) is 11.1 Å². The van der Waals surface area contributed by atoms with Gasteiger partial charge in [-0.1, -0.05) is 25.8 Å². The third-order valence-electron chi connectivity index (χ3n) is 2.40. The summed E-state index contributed by atoms with van der Waals surface area (Å²) in [7, 11) is 0. The number of carbonyl (C=O) groups excluding carboxylic acids is 1. The number of rotatable bonds is 8. The first-order chi connectivity index (χ1) is 6.79. The Balaban J connectivity index is 4.22. The van der Waals surface area contributed by atoms with Crippen LogP contribution in [-0.4, -0.2) is 12.2 Å². The number of allylic oxidation sites excluding steroid dienone is 2. The zero-order valence-electron chi connectivity index (χ0n) is 9.31. The lowest BCUT2D eigenvalue weighted by Gasteiger charge is -2.08. The lowest BCUT2D eigenvalue weighted by molar-refractivity contribution is -0.105. The Morgan fingerprint density at radius 2 is 1.93 bits per heavy atom. The lowest BCUT2D eigenvalue weighted by Crippen LogP contribution is -1.94. The van der Waals surface area contributed by atoms with Crippen molar-refractivity contribution in [1.82, 2.24) is 0 Å². The van der Waals surface area contributed by atoms with Gasteiger partial charge in [-0.2, -0.15) is 0 Å². The molecule has 0 radical (unpaired) electrons. The molecule has 14 heavy (non-hydrogen) atoms. The molecule has 0 fully saturated rings. The van der Waals surface area contributed by atoms with E-state index >= 15 is 0 Å². The van der Waals surface area contributed by atoms with Crippen LogP contribution in [0.3, 0.4) is 0 Å². The fourth-order valence-corrected chi connectivity index (χ4v) is 1.77. The van der Waals surface area contributed by atoms with Crippen LogP contribution < -0.4 is 0 Å². The molecule has 0 aromatic heterocycles. The molecule has 0 saturated heterocycles. The van der Waals surface area contributed by atoms with Crippen molar-refractivity contribution in [3.8, 4) is 0 Å². The Bertz CT molecular complexity index is 185. The molecule has 0 aromatic carbocycles. The average molecular weight is 217 g/mol. The minimum Gasteiger partial charge on any atom is -0.298 e. The van der Waals surface area contributed by atoms with Gasteiger partial charge in [-0.3, -0.25) is 4.79 Å². The van der Waals surface area contributed by atoms with Gasteiger partial charge in [0.05, 0.1) is 0 Å². The highest BCUT2D eigenvalue weighted by Crippen LogP contribution is 2.18. The predicted molar refractivity (Wildman–Crippen MR) is 62.9 cm³/mol. The molecule has 82 valence electrons. The number of carbonyl (C=O) groups is 1. The van der Waals surface area contributed by atoms with Crippen molar-refractivity contribution in [2.75, 3.05) is 5.88 Å². The van der Waals surface area contributed by atoms with Gasteiger partial charge in [0.25, 0.3) is 0 Å². The Hall–Kier alpha value is -0.300. The molecule has 0 bridgehead atoms. The highest BCUT2D eigenvalue weighted by molar-refractivity contribution is 6.17. The summed E-state index contributed by atoms with van der Waals surface area (Å²) in [5, 5.41) is 0. The Kier molecular flexibility index (Phi) is 9.06. The van der Waals surface area contributed by atoms with Crippen molar-refractivity contribution < 1.29 is 4.79 Å². The molecule has 0 aliphatic heterocycles. The summed E-state index contributed by atoms with van der Waals surface area (Å²) in [5.41, 5.74) is 2.34. The van der Waals surface area contributed by atoms with Crippen LogP contribution in [0.2, 0.25) is 0 Å². The van der Waals surface area contributed by atoms with E-state index in [0.29, 0.717) is 0 Å². The number of unbranched alkanes of at least 4 members (excludes halogenated alkanes) is 1. The second-order valence-electron chi connectivity index (χ2n) is 3.50. The standard InChI is InChI=1S/C12H21ClO/c1-3-7-12(10-14)11(4-2)8-5-6-9-13/h10H,3-9H2,1-2H3/b12-11-. The van der Waals surface area contributed by atoms with Gasteiger partial charge in [-0.25, -0.2) is 0 Å². The summed E-state index contributed by atoms with van der Waals surface area (Å²) in [6.45, 7) is 4.23. The second kappa shape index (κ2) is 9.26. The third-order valence-corrected chi connectivity index (χ3v) is 2.67. The topological polar surface area (TPSA) is 17.1 Å². The highest BCUT2D eigenvalue weighted by atomic mass is 35.5.